The summed E-state index contributed by atoms with van der Waals surface area (Å²) in [6.45, 7) is -1.16. The molecule has 0 fully saturated rings. The first-order valence-corrected chi connectivity index (χ1v) is 5.16. The van der Waals surface area contributed by atoms with Gasteiger partial charge in [-0.25, -0.2) is 9.97 Å². The Hall–Kier alpha value is -1.41. The van der Waals surface area contributed by atoms with Crippen LogP contribution in [0.3, 0.4) is 0 Å². The van der Waals surface area contributed by atoms with Crippen LogP contribution in [0, 0.1) is 0 Å². The summed E-state index contributed by atoms with van der Waals surface area (Å²) in [5, 5.41) is 0. The van der Waals surface area contributed by atoms with Gasteiger partial charge in [-0.1, -0.05) is 0 Å². The Kier molecular flexibility index (Phi) is 5.29. The first kappa shape index (κ1) is 14.7. The van der Waals surface area contributed by atoms with Gasteiger partial charge in [0.1, 0.15) is 18.2 Å². The van der Waals surface area contributed by atoms with Crippen molar-refractivity contribution < 1.29 is 22.6 Å². The van der Waals surface area contributed by atoms with Crippen molar-refractivity contribution in [3.63, 3.8) is 0 Å². The molecule has 0 amide bonds. The SMILES string of the molecule is COCCc1nc(N)cc(COCC(F)(F)F)n1. The Morgan fingerprint density at radius 1 is 1.33 bits per heavy atom. The van der Waals surface area contributed by atoms with Crippen LogP contribution in [0.15, 0.2) is 6.07 Å². The summed E-state index contributed by atoms with van der Waals surface area (Å²) in [4.78, 5) is 7.96. The standard InChI is InChI=1S/C10H14F3N3O2/c1-17-3-2-9-15-7(4-8(14)16-9)5-18-6-10(11,12)13/h4H,2-3,5-6H2,1H3,(H2,14,15,16). The van der Waals surface area contributed by atoms with E-state index in [4.69, 9.17) is 10.5 Å². The van der Waals surface area contributed by atoms with Gasteiger partial charge in [0.15, 0.2) is 0 Å². The van der Waals surface area contributed by atoms with E-state index in [1.807, 2.05) is 0 Å². The van der Waals surface area contributed by atoms with Gasteiger partial charge in [-0.3, -0.25) is 0 Å². The molecule has 0 saturated carbocycles. The smallest absolute Gasteiger partial charge is 0.384 e. The summed E-state index contributed by atoms with van der Waals surface area (Å²) < 4.78 is 45.0. The molecule has 0 aliphatic carbocycles. The number of aromatic nitrogens is 2. The van der Waals surface area contributed by atoms with Crippen LogP contribution in [-0.4, -0.2) is 36.5 Å². The molecule has 0 atom stereocenters. The van der Waals surface area contributed by atoms with E-state index < -0.39 is 12.8 Å². The minimum Gasteiger partial charge on any atom is -0.384 e. The molecular formula is C10H14F3N3O2. The van der Waals surface area contributed by atoms with Crippen LogP contribution >= 0.6 is 0 Å². The van der Waals surface area contributed by atoms with Crippen molar-refractivity contribution >= 4 is 5.82 Å². The van der Waals surface area contributed by atoms with Gasteiger partial charge in [0.05, 0.1) is 18.9 Å². The molecule has 0 spiro atoms. The van der Waals surface area contributed by atoms with E-state index in [0.29, 0.717) is 24.5 Å². The highest BCUT2D eigenvalue weighted by Gasteiger charge is 2.27. The second kappa shape index (κ2) is 6.50. The van der Waals surface area contributed by atoms with Crippen LogP contribution in [0.4, 0.5) is 19.0 Å². The third-order valence-electron chi connectivity index (χ3n) is 1.89. The van der Waals surface area contributed by atoms with Crippen molar-refractivity contribution in [2.45, 2.75) is 19.2 Å². The van der Waals surface area contributed by atoms with Crippen molar-refractivity contribution in [1.82, 2.24) is 9.97 Å². The number of nitrogen functional groups attached to an aromatic ring is 1. The summed E-state index contributed by atoms with van der Waals surface area (Å²) in [5.41, 5.74) is 5.84. The molecule has 18 heavy (non-hydrogen) atoms. The first-order chi connectivity index (χ1) is 8.40. The highest BCUT2D eigenvalue weighted by atomic mass is 19.4. The maximum Gasteiger partial charge on any atom is 0.411 e. The molecule has 1 heterocycles. The van der Waals surface area contributed by atoms with E-state index in [0.717, 1.165) is 0 Å². The molecule has 1 aromatic rings. The maximum absolute atomic E-state index is 11.9. The fourth-order valence-corrected chi connectivity index (χ4v) is 1.23. The van der Waals surface area contributed by atoms with Gasteiger partial charge in [0, 0.05) is 19.6 Å². The van der Waals surface area contributed by atoms with Crippen molar-refractivity contribution in [2.24, 2.45) is 0 Å². The van der Waals surface area contributed by atoms with Crippen LogP contribution in [0.2, 0.25) is 0 Å². The Bertz CT molecular complexity index is 385. The Morgan fingerprint density at radius 2 is 2.06 bits per heavy atom. The molecule has 0 aliphatic heterocycles. The predicted octanol–water partition coefficient (Wildman–Crippen LogP) is 1.33. The summed E-state index contributed by atoms with van der Waals surface area (Å²) in [6.07, 6.45) is -3.91. The van der Waals surface area contributed by atoms with Crippen LogP contribution in [0.1, 0.15) is 11.5 Å². The van der Waals surface area contributed by atoms with Gasteiger partial charge in [0.25, 0.3) is 0 Å². The molecule has 8 heteroatoms. The largest absolute Gasteiger partial charge is 0.411 e. The molecule has 0 radical (unpaired) electrons. The van der Waals surface area contributed by atoms with E-state index in [1.165, 1.54) is 13.2 Å². The van der Waals surface area contributed by atoms with E-state index >= 15 is 0 Å². The van der Waals surface area contributed by atoms with Crippen molar-refractivity contribution in [3.8, 4) is 0 Å². The zero-order valence-electron chi connectivity index (χ0n) is 9.83. The molecule has 0 bridgehead atoms. The lowest BCUT2D eigenvalue weighted by atomic mass is 10.3. The molecule has 2 N–H and O–H groups in total. The molecule has 0 aromatic carbocycles. The van der Waals surface area contributed by atoms with Crippen LogP contribution in [0.5, 0.6) is 0 Å². The summed E-state index contributed by atoms with van der Waals surface area (Å²) in [5.74, 6) is 0.615. The third-order valence-corrected chi connectivity index (χ3v) is 1.89. The fourth-order valence-electron chi connectivity index (χ4n) is 1.23. The summed E-state index contributed by atoms with van der Waals surface area (Å²) in [6, 6.07) is 1.38. The normalized spacial score (nSPS) is 11.8. The number of halogens is 3. The number of rotatable bonds is 6. The molecule has 0 saturated heterocycles. The molecule has 1 rings (SSSR count). The number of ether oxygens (including phenoxy) is 2. The monoisotopic (exact) mass is 265 g/mol. The highest BCUT2D eigenvalue weighted by Crippen LogP contribution is 2.15. The van der Waals surface area contributed by atoms with Gasteiger partial charge >= 0.3 is 6.18 Å². The average Bonchev–Trinajstić information content (AvgIpc) is 2.24. The van der Waals surface area contributed by atoms with Crippen molar-refractivity contribution in [1.29, 1.82) is 0 Å². The summed E-state index contributed by atoms with van der Waals surface area (Å²) in [7, 11) is 1.53. The number of nitrogens with zero attached hydrogens (tertiary/aromatic N) is 2. The van der Waals surface area contributed by atoms with Gasteiger partial charge < -0.3 is 15.2 Å². The lowest BCUT2D eigenvalue weighted by Gasteiger charge is -2.08. The molecule has 5 nitrogen and oxygen atoms in total. The molecule has 1 aromatic heterocycles. The van der Waals surface area contributed by atoms with Gasteiger partial charge in [-0.05, 0) is 0 Å². The zero-order valence-corrected chi connectivity index (χ0v) is 9.83. The topological polar surface area (TPSA) is 70.3 Å². The molecule has 0 unspecified atom stereocenters. The van der Waals surface area contributed by atoms with Gasteiger partial charge in [-0.2, -0.15) is 13.2 Å². The molecule has 102 valence electrons. The van der Waals surface area contributed by atoms with Crippen LogP contribution in [0.25, 0.3) is 0 Å². The second-order valence-electron chi connectivity index (χ2n) is 3.55. The van der Waals surface area contributed by atoms with Gasteiger partial charge in [0.2, 0.25) is 0 Å². The molecule has 0 aliphatic rings. The Labute approximate surface area is 102 Å². The zero-order chi connectivity index (χ0) is 13.6. The van der Waals surface area contributed by atoms with Gasteiger partial charge in [-0.15, -0.1) is 0 Å². The summed E-state index contributed by atoms with van der Waals surface area (Å²) >= 11 is 0. The highest BCUT2D eigenvalue weighted by molar-refractivity contribution is 5.29. The minimum atomic E-state index is -4.35. The number of hydrogen-bond acceptors (Lipinski definition) is 5. The number of hydrogen-bond donors (Lipinski definition) is 1. The Morgan fingerprint density at radius 3 is 2.67 bits per heavy atom. The van der Waals surface area contributed by atoms with E-state index in [-0.39, 0.29) is 12.4 Å². The average molecular weight is 265 g/mol. The number of anilines is 1. The lowest BCUT2D eigenvalue weighted by molar-refractivity contribution is -0.176. The van der Waals surface area contributed by atoms with Crippen molar-refractivity contribution in [2.75, 3.05) is 26.1 Å². The number of alkyl halides is 3. The maximum atomic E-state index is 11.9. The lowest BCUT2D eigenvalue weighted by Crippen LogP contribution is -2.17. The van der Waals surface area contributed by atoms with Crippen LogP contribution < -0.4 is 5.73 Å². The minimum absolute atomic E-state index is 0.196. The quantitative estimate of drug-likeness (QED) is 0.840. The van der Waals surface area contributed by atoms with E-state index in [1.54, 1.807) is 0 Å². The van der Waals surface area contributed by atoms with E-state index in [9.17, 15) is 13.2 Å². The predicted molar refractivity (Wildman–Crippen MR) is 57.7 cm³/mol. The van der Waals surface area contributed by atoms with Crippen LogP contribution in [-0.2, 0) is 22.5 Å². The third kappa shape index (κ3) is 5.78. The molecular weight excluding hydrogens is 251 g/mol. The fraction of sp³-hybridized carbons (Fsp3) is 0.600. The number of methoxy groups -OCH3 is 1. The number of nitrogens with two attached hydrogens (primary N) is 1. The Balaban J connectivity index is 2.57. The second-order valence-corrected chi connectivity index (χ2v) is 3.55. The first-order valence-electron chi connectivity index (χ1n) is 5.16. The van der Waals surface area contributed by atoms with E-state index in [2.05, 4.69) is 14.7 Å². The van der Waals surface area contributed by atoms with Crippen molar-refractivity contribution in [3.05, 3.63) is 17.6 Å².